The number of H-pyrrole nitrogens is 2. The quantitative estimate of drug-likeness (QED) is 0.0902. The molecule has 0 spiro atoms. The maximum absolute atomic E-state index is 14.0. The molecule has 10 rings (SSSR count). The fourth-order valence-electron chi connectivity index (χ4n) is 8.05. The Morgan fingerprint density at radius 2 is 1.34 bits per heavy atom. The molecular formula is C43H42ClF4N11O2. The minimum absolute atomic E-state index is 0. The molecule has 1 amide bonds. The Morgan fingerprint density at radius 3 is 1.93 bits per heavy atom. The number of amides is 1. The van der Waals surface area contributed by atoms with Crippen molar-refractivity contribution in [1.82, 2.24) is 48.9 Å². The molecule has 18 heteroatoms. The standard InChI is InChI=1S/C22H21F2N5O.C14H17N5.C7H3F2NO.ClH/c1-13-5-7-28(20(30)8-14-2-3-15(23)9-18(14)24)12-17(13)22-27-11-16-10-26-21-19(29(16)22)4-6-25-21;1-9-2-4-15-8-11(9)14-18-7-10-6-17-13-12(19(10)14)3-5-16-13;8-5-1-2-7(10-4-11)6(9)3-5;/h2-4,6,9-11,13,17,25H,5,7-8,12H2,1H3;3,5-7,9,11,15-16H,2,4,8H2,1H3;1-3H;1H/t13-,17+;9-,11+;;/m11../s1. The van der Waals surface area contributed by atoms with Gasteiger partial charge in [-0.25, -0.2) is 42.3 Å². The SMILES string of the molecule is C[C@@H]1CCN(C(=O)Cc2ccc(F)cc2F)C[C@@H]1c1ncc2cnc3[nH]ccc3n12.C[C@@H]1CCNC[C@@H]1c1ncc2cnc3[nH]ccc3n12.Cl.O=C=Nc1ccc(F)cc1F. The molecule has 8 heterocycles. The van der Waals surface area contributed by atoms with Crippen molar-refractivity contribution >= 4 is 63.4 Å². The van der Waals surface area contributed by atoms with Gasteiger partial charge in [-0.3, -0.25) is 13.6 Å². The Morgan fingerprint density at radius 1 is 0.770 bits per heavy atom. The molecule has 8 aromatic rings. The van der Waals surface area contributed by atoms with Crippen LogP contribution in [0.4, 0.5) is 23.2 Å². The van der Waals surface area contributed by atoms with Crippen LogP contribution in [-0.4, -0.2) is 81.8 Å². The first-order valence-corrected chi connectivity index (χ1v) is 19.6. The van der Waals surface area contributed by atoms with E-state index in [1.54, 1.807) is 17.3 Å². The molecule has 3 N–H and O–H groups in total. The lowest BCUT2D eigenvalue weighted by molar-refractivity contribution is -0.132. The summed E-state index contributed by atoms with van der Waals surface area (Å²) in [7, 11) is 0. The van der Waals surface area contributed by atoms with Crippen molar-refractivity contribution in [3.05, 3.63) is 126 Å². The van der Waals surface area contributed by atoms with E-state index in [0.717, 1.165) is 88.8 Å². The van der Waals surface area contributed by atoms with E-state index in [1.807, 2.05) is 30.9 Å². The van der Waals surface area contributed by atoms with Crippen LogP contribution in [0.1, 0.15) is 55.7 Å². The number of isocyanates is 1. The maximum Gasteiger partial charge on any atom is 0.240 e. The van der Waals surface area contributed by atoms with Gasteiger partial charge in [0.1, 0.15) is 34.8 Å². The van der Waals surface area contributed by atoms with Gasteiger partial charge in [0.15, 0.2) is 17.1 Å². The van der Waals surface area contributed by atoms with E-state index in [1.165, 1.54) is 18.6 Å². The number of nitrogens with zero attached hydrogens (tertiary/aromatic N) is 8. The van der Waals surface area contributed by atoms with Crippen molar-refractivity contribution in [3.63, 3.8) is 0 Å². The Bertz CT molecular complexity index is 2870. The minimum atomic E-state index is -0.867. The molecule has 2 fully saturated rings. The molecule has 2 saturated heterocycles. The maximum atomic E-state index is 14.0. The largest absolute Gasteiger partial charge is 0.345 e. The second-order valence-electron chi connectivity index (χ2n) is 15.2. The first-order valence-electron chi connectivity index (χ1n) is 19.6. The summed E-state index contributed by atoms with van der Waals surface area (Å²) in [5.41, 5.74) is 5.74. The molecule has 2 aliphatic heterocycles. The van der Waals surface area contributed by atoms with Crippen molar-refractivity contribution in [3.8, 4) is 0 Å². The van der Waals surface area contributed by atoms with Gasteiger partial charge < -0.3 is 20.2 Å². The molecular weight excluding hydrogens is 814 g/mol. The summed E-state index contributed by atoms with van der Waals surface area (Å²) < 4.78 is 56.2. The molecule has 2 aromatic carbocycles. The smallest absolute Gasteiger partial charge is 0.240 e. The van der Waals surface area contributed by atoms with Crippen LogP contribution < -0.4 is 5.32 Å². The highest BCUT2D eigenvalue weighted by atomic mass is 35.5. The number of benzene rings is 2. The van der Waals surface area contributed by atoms with Crippen molar-refractivity contribution in [1.29, 1.82) is 0 Å². The van der Waals surface area contributed by atoms with Crippen LogP contribution in [0, 0.1) is 35.1 Å². The number of carbonyl (C=O) groups excluding carboxylic acids is 2. The summed E-state index contributed by atoms with van der Waals surface area (Å²) in [4.78, 5) is 51.8. The number of hydrogen-bond donors (Lipinski definition) is 3. The number of hydrogen-bond acceptors (Lipinski definition) is 8. The fraction of sp³-hybridized carbons (Fsp3) is 0.302. The molecule has 0 aliphatic carbocycles. The number of imidazole rings is 2. The van der Waals surface area contributed by atoms with E-state index < -0.39 is 23.3 Å². The van der Waals surface area contributed by atoms with Gasteiger partial charge in [0, 0.05) is 56.0 Å². The lowest BCUT2D eigenvalue weighted by Gasteiger charge is -2.36. The van der Waals surface area contributed by atoms with Gasteiger partial charge in [0.2, 0.25) is 12.0 Å². The predicted octanol–water partition coefficient (Wildman–Crippen LogP) is 7.96. The van der Waals surface area contributed by atoms with Gasteiger partial charge >= 0.3 is 0 Å². The highest BCUT2D eigenvalue weighted by Gasteiger charge is 2.33. The number of aromatic nitrogens is 8. The molecule has 0 saturated carbocycles. The van der Waals surface area contributed by atoms with Crippen LogP contribution in [0.3, 0.4) is 0 Å². The minimum Gasteiger partial charge on any atom is -0.345 e. The van der Waals surface area contributed by atoms with Crippen LogP contribution in [0.25, 0.3) is 33.4 Å². The molecule has 0 bridgehead atoms. The fourth-order valence-corrected chi connectivity index (χ4v) is 8.05. The first kappa shape index (κ1) is 42.7. The number of likely N-dealkylation sites (tertiary alicyclic amines) is 1. The van der Waals surface area contributed by atoms with E-state index in [2.05, 4.69) is 68.9 Å². The molecule has 0 unspecified atom stereocenters. The summed E-state index contributed by atoms with van der Waals surface area (Å²) >= 11 is 0. The average molecular weight is 856 g/mol. The van der Waals surface area contributed by atoms with Gasteiger partial charge in [0.05, 0.1) is 53.3 Å². The van der Waals surface area contributed by atoms with Gasteiger partial charge in [-0.2, -0.15) is 4.99 Å². The Hall–Kier alpha value is -6.42. The zero-order valence-corrected chi connectivity index (χ0v) is 34.0. The van der Waals surface area contributed by atoms with Crippen molar-refractivity contribution in [2.75, 3.05) is 26.2 Å². The number of fused-ring (bicyclic) bond motifs is 6. The lowest BCUT2D eigenvalue weighted by Crippen LogP contribution is -2.43. The Kier molecular flexibility index (Phi) is 12.9. The number of aliphatic imine (C=N–C) groups is 1. The zero-order chi connectivity index (χ0) is 41.9. The molecule has 6 aromatic heterocycles. The lowest BCUT2D eigenvalue weighted by atomic mass is 9.86. The van der Waals surface area contributed by atoms with E-state index in [-0.39, 0.29) is 41.9 Å². The summed E-state index contributed by atoms with van der Waals surface area (Å²) in [5.74, 6) is 0.502. The number of nitrogens with one attached hydrogen (secondary N) is 3. The number of piperidine rings is 2. The van der Waals surface area contributed by atoms with Crippen molar-refractivity contribution < 1.29 is 27.2 Å². The first-order chi connectivity index (χ1) is 29.1. The van der Waals surface area contributed by atoms with Gasteiger partial charge in [0.25, 0.3) is 0 Å². The third-order valence-corrected chi connectivity index (χ3v) is 11.4. The van der Waals surface area contributed by atoms with Crippen LogP contribution in [-0.2, 0) is 16.0 Å². The average Bonchev–Trinajstić information content (AvgIpc) is 4.07. The normalized spacial score (nSPS) is 18.8. The van der Waals surface area contributed by atoms with Crippen LogP contribution in [0.2, 0.25) is 0 Å². The molecule has 2 aliphatic rings. The van der Waals surface area contributed by atoms with Crippen molar-refractivity contribution in [2.45, 2.75) is 44.9 Å². The van der Waals surface area contributed by atoms with Gasteiger partial charge in [-0.15, -0.1) is 12.4 Å². The number of carbonyl (C=O) groups is 1. The van der Waals surface area contributed by atoms with E-state index in [0.29, 0.717) is 36.9 Å². The van der Waals surface area contributed by atoms with E-state index in [4.69, 9.17) is 0 Å². The topological polar surface area (TPSA) is 154 Å². The molecule has 61 heavy (non-hydrogen) atoms. The number of halogens is 5. The summed E-state index contributed by atoms with van der Waals surface area (Å²) in [6, 6.07) is 10.1. The zero-order valence-electron chi connectivity index (χ0n) is 33.2. The monoisotopic (exact) mass is 855 g/mol. The van der Waals surface area contributed by atoms with Crippen molar-refractivity contribution in [2.24, 2.45) is 16.8 Å². The highest BCUT2D eigenvalue weighted by molar-refractivity contribution is 5.85. The number of rotatable bonds is 5. The molecule has 13 nitrogen and oxygen atoms in total. The predicted molar refractivity (Wildman–Crippen MR) is 224 cm³/mol. The summed E-state index contributed by atoms with van der Waals surface area (Å²) in [6.07, 6.45) is 14.3. The third kappa shape index (κ3) is 8.90. The molecule has 4 atom stereocenters. The van der Waals surface area contributed by atoms with Crippen LogP contribution in [0.5, 0.6) is 0 Å². The second kappa shape index (κ2) is 18.5. The number of aromatic amines is 2. The third-order valence-electron chi connectivity index (χ3n) is 11.4. The van der Waals surface area contributed by atoms with E-state index >= 15 is 0 Å². The summed E-state index contributed by atoms with van der Waals surface area (Å²) in [6.45, 7) is 7.74. The van der Waals surface area contributed by atoms with Crippen LogP contribution in [0.15, 0.2) is 90.7 Å². The van der Waals surface area contributed by atoms with Crippen LogP contribution >= 0.6 is 12.4 Å². The Labute approximate surface area is 352 Å². The summed E-state index contributed by atoms with van der Waals surface area (Å²) in [5, 5.41) is 3.48. The molecule has 316 valence electrons. The van der Waals surface area contributed by atoms with Gasteiger partial charge in [-0.05, 0) is 67.1 Å². The highest BCUT2D eigenvalue weighted by Crippen LogP contribution is 2.34. The Balaban J connectivity index is 0.000000154. The molecule has 0 radical (unpaired) electrons. The van der Waals surface area contributed by atoms with E-state index in [9.17, 15) is 27.2 Å². The van der Waals surface area contributed by atoms with Gasteiger partial charge in [-0.1, -0.05) is 19.9 Å². The second-order valence-corrected chi connectivity index (χ2v) is 15.2.